The van der Waals surface area contributed by atoms with Gasteiger partial charge in [0.05, 0.1) is 13.2 Å². The lowest BCUT2D eigenvalue weighted by Crippen LogP contribution is -2.36. The Morgan fingerprint density at radius 2 is 1.89 bits per heavy atom. The van der Waals surface area contributed by atoms with Gasteiger partial charge in [0, 0.05) is 38.5 Å². The normalized spacial score (nSPS) is 16.1. The van der Waals surface area contributed by atoms with E-state index in [2.05, 4.69) is 41.1 Å². The van der Waals surface area contributed by atoms with Gasteiger partial charge in [0.1, 0.15) is 0 Å². The quantitative estimate of drug-likeness (QED) is 0.841. The predicted octanol–water partition coefficient (Wildman–Crippen LogP) is 1.34. The maximum Gasteiger partial charge on any atom is 0.0642 e. The van der Waals surface area contributed by atoms with E-state index < -0.39 is 0 Å². The fourth-order valence-electron chi connectivity index (χ4n) is 2.37. The van der Waals surface area contributed by atoms with E-state index in [0.717, 1.165) is 45.8 Å². The van der Waals surface area contributed by atoms with Crippen molar-refractivity contribution in [3.63, 3.8) is 0 Å². The molecule has 4 nitrogen and oxygen atoms in total. The summed E-state index contributed by atoms with van der Waals surface area (Å²) in [6, 6.07) is 8.78. The highest BCUT2D eigenvalue weighted by atomic mass is 16.5. The third-order valence-corrected chi connectivity index (χ3v) is 3.46. The van der Waals surface area contributed by atoms with Gasteiger partial charge < -0.3 is 19.6 Å². The topological polar surface area (TPSA) is 35.9 Å². The number of aliphatic hydroxyl groups is 1. The number of hydrogen-bond acceptors (Lipinski definition) is 4. The van der Waals surface area contributed by atoms with Crippen molar-refractivity contribution in [1.82, 2.24) is 4.90 Å². The summed E-state index contributed by atoms with van der Waals surface area (Å²) in [6.07, 6.45) is 0.836. The van der Waals surface area contributed by atoms with Crippen molar-refractivity contribution in [3.05, 3.63) is 29.8 Å². The lowest BCUT2D eigenvalue weighted by molar-refractivity contribution is 0.122. The first-order valence-corrected chi connectivity index (χ1v) is 7.00. The summed E-state index contributed by atoms with van der Waals surface area (Å²) in [4.78, 5) is 4.60. The number of anilines is 1. The second-order valence-electron chi connectivity index (χ2n) is 5.08. The Morgan fingerprint density at radius 1 is 1.21 bits per heavy atom. The molecular formula is C15H24N2O2. The van der Waals surface area contributed by atoms with Crippen molar-refractivity contribution in [2.24, 2.45) is 0 Å². The van der Waals surface area contributed by atoms with Crippen LogP contribution in [0.2, 0.25) is 0 Å². The molecule has 4 heteroatoms. The van der Waals surface area contributed by atoms with E-state index in [9.17, 15) is 0 Å². The smallest absolute Gasteiger partial charge is 0.0642 e. The Labute approximate surface area is 115 Å². The Bertz CT molecular complexity index is 361. The van der Waals surface area contributed by atoms with E-state index in [-0.39, 0.29) is 6.61 Å². The van der Waals surface area contributed by atoms with E-state index in [1.165, 1.54) is 11.3 Å². The summed E-state index contributed by atoms with van der Waals surface area (Å²) in [6.45, 7) is 5.74. The SMILES string of the molecule is CN(CCCO)Cc1ccc(N2CCOCC2)cc1. The molecule has 1 fully saturated rings. The maximum atomic E-state index is 8.82. The van der Waals surface area contributed by atoms with Gasteiger partial charge in [0.15, 0.2) is 0 Å². The average molecular weight is 264 g/mol. The van der Waals surface area contributed by atoms with E-state index in [1.54, 1.807) is 0 Å². The van der Waals surface area contributed by atoms with Crippen LogP contribution in [0.4, 0.5) is 5.69 Å². The van der Waals surface area contributed by atoms with Gasteiger partial charge in [-0.1, -0.05) is 12.1 Å². The number of rotatable bonds is 6. The molecule has 0 bridgehead atoms. The minimum atomic E-state index is 0.264. The van der Waals surface area contributed by atoms with Gasteiger partial charge >= 0.3 is 0 Å². The lowest BCUT2D eigenvalue weighted by Gasteiger charge is -2.29. The molecule has 0 saturated carbocycles. The largest absolute Gasteiger partial charge is 0.396 e. The van der Waals surface area contributed by atoms with Crippen LogP contribution in [-0.4, -0.2) is 56.5 Å². The van der Waals surface area contributed by atoms with Crippen molar-refractivity contribution in [3.8, 4) is 0 Å². The third-order valence-electron chi connectivity index (χ3n) is 3.46. The molecule has 0 unspecified atom stereocenters. The van der Waals surface area contributed by atoms with Crippen LogP contribution in [0.15, 0.2) is 24.3 Å². The molecule has 1 aliphatic heterocycles. The summed E-state index contributed by atoms with van der Waals surface area (Å²) in [7, 11) is 2.09. The van der Waals surface area contributed by atoms with Crippen LogP contribution in [0.5, 0.6) is 0 Å². The molecule has 1 N–H and O–H groups in total. The standard InChI is InChI=1S/C15H24N2O2/c1-16(7-2-10-18)13-14-3-5-15(6-4-14)17-8-11-19-12-9-17/h3-6,18H,2,7-13H2,1H3. The van der Waals surface area contributed by atoms with Crippen molar-refractivity contribution in [2.75, 3.05) is 51.4 Å². The van der Waals surface area contributed by atoms with Crippen LogP contribution >= 0.6 is 0 Å². The van der Waals surface area contributed by atoms with Crippen LogP contribution in [-0.2, 0) is 11.3 Å². The first kappa shape index (κ1) is 14.3. The molecular weight excluding hydrogens is 240 g/mol. The fraction of sp³-hybridized carbons (Fsp3) is 0.600. The summed E-state index contributed by atoms with van der Waals surface area (Å²) in [5, 5.41) is 8.82. The number of morpholine rings is 1. The first-order valence-electron chi connectivity index (χ1n) is 7.00. The molecule has 1 aromatic carbocycles. The summed E-state index contributed by atoms with van der Waals surface area (Å²) < 4.78 is 5.37. The average Bonchev–Trinajstić information content (AvgIpc) is 2.47. The Hall–Kier alpha value is -1.10. The van der Waals surface area contributed by atoms with Gasteiger partial charge in [-0.2, -0.15) is 0 Å². The monoisotopic (exact) mass is 264 g/mol. The van der Waals surface area contributed by atoms with Crippen molar-refractivity contribution < 1.29 is 9.84 Å². The van der Waals surface area contributed by atoms with Gasteiger partial charge in [-0.15, -0.1) is 0 Å². The molecule has 1 saturated heterocycles. The molecule has 106 valence electrons. The lowest BCUT2D eigenvalue weighted by atomic mass is 10.1. The minimum Gasteiger partial charge on any atom is -0.396 e. The Balaban J connectivity index is 1.86. The molecule has 0 amide bonds. The molecule has 0 aromatic heterocycles. The Morgan fingerprint density at radius 3 is 2.53 bits per heavy atom. The highest BCUT2D eigenvalue weighted by Crippen LogP contribution is 2.17. The highest BCUT2D eigenvalue weighted by molar-refractivity contribution is 5.47. The minimum absolute atomic E-state index is 0.264. The van der Waals surface area contributed by atoms with Gasteiger partial charge in [0.25, 0.3) is 0 Å². The summed E-state index contributed by atoms with van der Waals surface area (Å²) in [5.41, 5.74) is 2.60. The van der Waals surface area contributed by atoms with E-state index in [1.807, 2.05) is 0 Å². The number of benzene rings is 1. The number of ether oxygens (including phenoxy) is 1. The zero-order valence-electron chi connectivity index (χ0n) is 11.7. The molecule has 0 atom stereocenters. The molecule has 0 aliphatic carbocycles. The van der Waals surface area contributed by atoms with Crippen LogP contribution in [0, 0.1) is 0 Å². The number of hydrogen-bond donors (Lipinski definition) is 1. The van der Waals surface area contributed by atoms with Crippen LogP contribution < -0.4 is 4.90 Å². The molecule has 1 heterocycles. The molecule has 1 aromatic rings. The Kier molecular flexibility index (Phi) is 5.63. The molecule has 2 rings (SSSR count). The van der Waals surface area contributed by atoms with Gasteiger partial charge in [-0.3, -0.25) is 0 Å². The van der Waals surface area contributed by atoms with Crippen molar-refractivity contribution in [1.29, 1.82) is 0 Å². The molecule has 0 spiro atoms. The third kappa shape index (κ3) is 4.49. The van der Waals surface area contributed by atoms with Crippen LogP contribution in [0.3, 0.4) is 0 Å². The number of aliphatic hydroxyl groups excluding tert-OH is 1. The van der Waals surface area contributed by atoms with Crippen LogP contribution in [0.1, 0.15) is 12.0 Å². The maximum absolute atomic E-state index is 8.82. The molecule has 0 radical (unpaired) electrons. The van der Waals surface area contributed by atoms with Gasteiger partial charge in [0.2, 0.25) is 0 Å². The van der Waals surface area contributed by atoms with Crippen molar-refractivity contribution >= 4 is 5.69 Å². The van der Waals surface area contributed by atoms with Crippen molar-refractivity contribution in [2.45, 2.75) is 13.0 Å². The van der Waals surface area contributed by atoms with E-state index in [0.29, 0.717) is 0 Å². The number of nitrogens with zero attached hydrogens (tertiary/aromatic N) is 2. The molecule has 19 heavy (non-hydrogen) atoms. The van der Waals surface area contributed by atoms with E-state index in [4.69, 9.17) is 9.84 Å². The second-order valence-corrected chi connectivity index (χ2v) is 5.08. The van der Waals surface area contributed by atoms with Crippen LogP contribution in [0.25, 0.3) is 0 Å². The van der Waals surface area contributed by atoms with E-state index >= 15 is 0 Å². The summed E-state index contributed by atoms with van der Waals surface area (Å²) in [5.74, 6) is 0. The highest BCUT2D eigenvalue weighted by Gasteiger charge is 2.10. The summed E-state index contributed by atoms with van der Waals surface area (Å²) >= 11 is 0. The van der Waals surface area contributed by atoms with Gasteiger partial charge in [-0.05, 0) is 31.2 Å². The second kappa shape index (κ2) is 7.48. The zero-order chi connectivity index (χ0) is 13.5. The first-order chi connectivity index (χ1) is 9.29. The van der Waals surface area contributed by atoms with Gasteiger partial charge in [-0.25, -0.2) is 0 Å². The zero-order valence-corrected chi connectivity index (χ0v) is 11.7. The molecule has 1 aliphatic rings. The predicted molar refractivity (Wildman–Crippen MR) is 77.5 cm³/mol. The fourth-order valence-corrected chi connectivity index (χ4v) is 2.37.